The van der Waals surface area contributed by atoms with E-state index in [9.17, 15) is 4.79 Å². The summed E-state index contributed by atoms with van der Waals surface area (Å²) in [5.74, 6) is 0.935. The van der Waals surface area contributed by atoms with Crippen molar-refractivity contribution in [1.29, 1.82) is 0 Å². The van der Waals surface area contributed by atoms with Crippen molar-refractivity contribution in [3.8, 4) is 11.5 Å². The van der Waals surface area contributed by atoms with Gasteiger partial charge in [0.2, 0.25) is 17.7 Å². The van der Waals surface area contributed by atoms with E-state index in [4.69, 9.17) is 9.15 Å². The number of carbonyl (C=O) groups is 1. The zero-order valence-electron chi connectivity index (χ0n) is 13.2. The summed E-state index contributed by atoms with van der Waals surface area (Å²) in [6.45, 7) is 2.77. The summed E-state index contributed by atoms with van der Waals surface area (Å²) < 4.78 is 11.2. The van der Waals surface area contributed by atoms with Crippen LogP contribution in [0.2, 0.25) is 0 Å². The molecular formula is C17H21N3O3. The summed E-state index contributed by atoms with van der Waals surface area (Å²) in [6.07, 6.45) is 2.96. The van der Waals surface area contributed by atoms with Gasteiger partial charge in [-0.1, -0.05) is 18.2 Å². The molecule has 1 N–H and O–H groups in total. The third-order valence-electron chi connectivity index (χ3n) is 3.96. The Balaban J connectivity index is 1.48. The maximum Gasteiger partial charge on any atom is 0.247 e. The van der Waals surface area contributed by atoms with E-state index >= 15 is 0 Å². The first kappa shape index (κ1) is 15.7. The molecule has 1 aliphatic rings. The highest BCUT2D eigenvalue weighted by atomic mass is 16.5. The highest BCUT2D eigenvalue weighted by Gasteiger charge is 2.23. The average molecular weight is 315 g/mol. The van der Waals surface area contributed by atoms with E-state index in [-0.39, 0.29) is 18.1 Å². The van der Waals surface area contributed by atoms with E-state index in [1.165, 1.54) is 0 Å². The zero-order chi connectivity index (χ0) is 16.1. The molecular weight excluding hydrogens is 294 g/mol. The Kier molecular flexibility index (Phi) is 5.02. The van der Waals surface area contributed by atoms with Gasteiger partial charge in [-0.3, -0.25) is 4.79 Å². The second-order valence-electron chi connectivity index (χ2n) is 5.77. The Morgan fingerprint density at radius 1 is 1.35 bits per heavy atom. The molecule has 2 heterocycles. The third-order valence-corrected chi connectivity index (χ3v) is 3.96. The monoisotopic (exact) mass is 315 g/mol. The lowest BCUT2D eigenvalue weighted by molar-refractivity contribution is -0.122. The van der Waals surface area contributed by atoms with Crippen molar-refractivity contribution in [2.75, 3.05) is 6.61 Å². The fourth-order valence-corrected chi connectivity index (χ4v) is 2.69. The third kappa shape index (κ3) is 4.16. The first-order valence-corrected chi connectivity index (χ1v) is 8.01. The van der Waals surface area contributed by atoms with Crippen LogP contribution in [0.25, 0.3) is 11.5 Å². The molecule has 0 saturated carbocycles. The molecule has 23 heavy (non-hydrogen) atoms. The summed E-state index contributed by atoms with van der Waals surface area (Å²) >= 11 is 0. The van der Waals surface area contributed by atoms with Crippen molar-refractivity contribution in [2.45, 2.75) is 44.8 Å². The van der Waals surface area contributed by atoms with E-state index < -0.39 is 0 Å². The summed E-state index contributed by atoms with van der Waals surface area (Å²) in [5.41, 5.74) is 0.878. The molecule has 2 aromatic rings. The van der Waals surface area contributed by atoms with Crippen LogP contribution < -0.4 is 5.32 Å². The lowest BCUT2D eigenvalue weighted by atomic mass is 10.1. The lowest BCUT2D eigenvalue weighted by Gasteiger charge is -2.19. The Morgan fingerprint density at radius 3 is 2.91 bits per heavy atom. The van der Waals surface area contributed by atoms with Crippen molar-refractivity contribution in [1.82, 2.24) is 15.5 Å². The van der Waals surface area contributed by atoms with E-state index in [0.29, 0.717) is 24.6 Å². The molecule has 0 spiro atoms. The summed E-state index contributed by atoms with van der Waals surface area (Å²) in [7, 11) is 0. The number of nitrogens with zero attached hydrogens (tertiary/aromatic N) is 2. The molecule has 122 valence electrons. The molecule has 1 amide bonds. The summed E-state index contributed by atoms with van der Waals surface area (Å²) in [6, 6.07) is 9.62. The maximum atomic E-state index is 12.0. The number of amides is 1. The first-order valence-electron chi connectivity index (χ1n) is 8.01. The van der Waals surface area contributed by atoms with Crippen molar-refractivity contribution in [3.63, 3.8) is 0 Å². The number of rotatable bonds is 6. The molecule has 1 fully saturated rings. The molecule has 6 nitrogen and oxygen atoms in total. The molecule has 6 heteroatoms. The quantitative estimate of drug-likeness (QED) is 0.885. The van der Waals surface area contributed by atoms with Gasteiger partial charge in [-0.25, -0.2) is 0 Å². The predicted molar refractivity (Wildman–Crippen MR) is 84.6 cm³/mol. The predicted octanol–water partition coefficient (Wildman–Crippen LogP) is 2.35. The van der Waals surface area contributed by atoms with Crippen molar-refractivity contribution >= 4 is 5.91 Å². The number of carbonyl (C=O) groups excluding carboxylic acids is 1. The average Bonchev–Trinajstić information content (AvgIpc) is 3.25. The van der Waals surface area contributed by atoms with Gasteiger partial charge in [0, 0.05) is 25.0 Å². The van der Waals surface area contributed by atoms with Gasteiger partial charge in [-0.15, -0.1) is 10.2 Å². The number of aryl methyl sites for hydroxylation is 1. The van der Waals surface area contributed by atoms with Gasteiger partial charge in [-0.2, -0.15) is 0 Å². The molecule has 0 unspecified atom stereocenters. The Morgan fingerprint density at radius 2 is 2.17 bits per heavy atom. The van der Waals surface area contributed by atoms with Crippen LogP contribution in [-0.2, 0) is 16.0 Å². The Bertz CT molecular complexity index is 636. The summed E-state index contributed by atoms with van der Waals surface area (Å²) in [4.78, 5) is 12.0. The second kappa shape index (κ2) is 7.37. The van der Waals surface area contributed by atoms with Gasteiger partial charge in [0.15, 0.2) is 0 Å². The van der Waals surface area contributed by atoms with Crippen molar-refractivity contribution < 1.29 is 13.9 Å². The second-order valence-corrected chi connectivity index (χ2v) is 5.77. The molecule has 0 bridgehead atoms. The fraction of sp³-hybridized carbons (Fsp3) is 0.471. The van der Waals surface area contributed by atoms with Gasteiger partial charge in [0.05, 0.1) is 12.1 Å². The molecule has 3 rings (SSSR count). The minimum absolute atomic E-state index is 0.0209. The van der Waals surface area contributed by atoms with Crippen LogP contribution in [0.1, 0.15) is 32.1 Å². The van der Waals surface area contributed by atoms with Crippen LogP contribution in [-0.4, -0.2) is 34.9 Å². The van der Waals surface area contributed by atoms with Crippen LogP contribution in [0.3, 0.4) is 0 Å². The van der Waals surface area contributed by atoms with Crippen LogP contribution in [0.5, 0.6) is 0 Å². The zero-order valence-corrected chi connectivity index (χ0v) is 13.2. The SMILES string of the molecule is C[C@H](NC(=O)CCc1nnc(-c2ccccc2)o1)[C@H]1CCCO1. The minimum atomic E-state index is -0.0209. The molecule has 1 saturated heterocycles. The Labute approximate surface area is 135 Å². The van der Waals surface area contributed by atoms with Gasteiger partial charge < -0.3 is 14.5 Å². The van der Waals surface area contributed by atoms with Gasteiger partial charge in [-0.05, 0) is 31.9 Å². The number of hydrogen-bond donors (Lipinski definition) is 1. The maximum absolute atomic E-state index is 12.0. The normalized spacial score (nSPS) is 18.7. The molecule has 1 aliphatic heterocycles. The summed E-state index contributed by atoms with van der Waals surface area (Å²) in [5, 5.41) is 11.0. The van der Waals surface area contributed by atoms with E-state index in [1.54, 1.807) is 0 Å². The fourth-order valence-electron chi connectivity index (χ4n) is 2.69. The molecule has 1 aromatic carbocycles. The van der Waals surface area contributed by atoms with Crippen LogP contribution in [0, 0.1) is 0 Å². The number of ether oxygens (including phenoxy) is 1. The molecule has 0 radical (unpaired) electrons. The standard InChI is InChI=1S/C17H21N3O3/c1-12(14-8-5-11-22-14)18-15(21)9-10-16-19-20-17(23-16)13-6-3-2-4-7-13/h2-4,6-7,12,14H,5,8-11H2,1H3,(H,18,21)/t12-,14+/m0/s1. The largest absolute Gasteiger partial charge is 0.421 e. The van der Waals surface area contributed by atoms with Crippen LogP contribution in [0.15, 0.2) is 34.7 Å². The van der Waals surface area contributed by atoms with E-state index in [2.05, 4.69) is 15.5 Å². The first-order chi connectivity index (χ1) is 11.2. The van der Waals surface area contributed by atoms with Gasteiger partial charge in [0.25, 0.3) is 0 Å². The lowest BCUT2D eigenvalue weighted by Crippen LogP contribution is -2.40. The van der Waals surface area contributed by atoms with Crippen LogP contribution in [0.4, 0.5) is 0 Å². The van der Waals surface area contributed by atoms with E-state index in [0.717, 1.165) is 25.0 Å². The van der Waals surface area contributed by atoms with Crippen molar-refractivity contribution in [3.05, 3.63) is 36.2 Å². The molecule has 0 aliphatic carbocycles. The Hall–Kier alpha value is -2.21. The van der Waals surface area contributed by atoms with Gasteiger partial charge in [0.1, 0.15) is 0 Å². The molecule has 1 aromatic heterocycles. The van der Waals surface area contributed by atoms with E-state index in [1.807, 2.05) is 37.3 Å². The number of benzene rings is 1. The van der Waals surface area contributed by atoms with Crippen molar-refractivity contribution in [2.24, 2.45) is 0 Å². The smallest absolute Gasteiger partial charge is 0.247 e. The molecule has 2 atom stereocenters. The minimum Gasteiger partial charge on any atom is -0.421 e. The number of nitrogens with one attached hydrogen (secondary N) is 1. The van der Waals surface area contributed by atoms with Gasteiger partial charge >= 0.3 is 0 Å². The number of aromatic nitrogens is 2. The number of hydrogen-bond acceptors (Lipinski definition) is 5. The van der Waals surface area contributed by atoms with Crippen LogP contribution >= 0.6 is 0 Å². The highest BCUT2D eigenvalue weighted by molar-refractivity contribution is 5.76. The highest BCUT2D eigenvalue weighted by Crippen LogP contribution is 2.18. The topological polar surface area (TPSA) is 77.3 Å².